The number of hydrogen-bond donors (Lipinski definition) is 0. The molecule has 0 aliphatic carbocycles. The molecule has 0 aliphatic rings. The van der Waals surface area contributed by atoms with Gasteiger partial charge in [-0.15, -0.1) is 11.3 Å². The Morgan fingerprint density at radius 2 is 1.67 bits per heavy atom. The highest BCUT2D eigenvalue weighted by molar-refractivity contribution is 7.09. The third-order valence-corrected chi connectivity index (χ3v) is 5.95. The minimum atomic E-state index is 0.0181. The van der Waals surface area contributed by atoms with Gasteiger partial charge in [-0.05, 0) is 25.0 Å². The number of hydrogen-bond acceptors (Lipinski definition) is 4. The number of allylic oxidation sites excluding steroid dienone is 1. The molecule has 0 atom stereocenters. The molecule has 0 amide bonds. The molecule has 4 aromatic rings. The summed E-state index contributed by atoms with van der Waals surface area (Å²) >= 11 is 1.71. The Kier molecular flexibility index (Phi) is 5.64. The summed E-state index contributed by atoms with van der Waals surface area (Å²) in [4.78, 5) is 6.31. The molecule has 4 rings (SSSR count). The lowest BCUT2D eigenvalue weighted by molar-refractivity contribution is 0.519. The van der Waals surface area contributed by atoms with Gasteiger partial charge >= 0.3 is 0 Å². The van der Waals surface area contributed by atoms with Crippen LogP contribution < -0.4 is 0 Å². The molecule has 0 unspecified atom stereocenters. The van der Waals surface area contributed by atoms with Crippen molar-refractivity contribution < 1.29 is 0 Å². The number of thiazole rings is 1. The van der Waals surface area contributed by atoms with Gasteiger partial charge in [0.1, 0.15) is 11.4 Å². The standard InChI is InChI=1S/C25H26N4S/c1-18-26-22(17-30-18)25(2,3)15-9-11-19-10-8-14-21(16-19)24-23(27-29(4)28-24)20-12-6-5-7-13-20/h5-14,16-17H,15H2,1-4H3/b11-9+. The fourth-order valence-corrected chi connectivity index (χ4v) is 4.25. The molecule has 0 saturated heterocycles. The molecule has 30 heavy (non-hydrogen) atoms. The first-order valence-corrected chi connectivity index (χ1v) is 11.0. The highest BCUT2D eigenvalue weighted by atomic mass is 32.1. The van der Waals surface area contributed by atoms with Crippen molar-refractivity contribution in [3.8, 4) is 22.5 Å². The van der Waals surface area contributed by atoms with Gasteiger partial charge in [-0.25, -0.2) is 4.98 Å². The zero-order valence-corrected chi connectivity index (χ0v) is 18.6. The van der Waals surface area contributed by atoms with Gasteiger partial charge in [-0.3, -0.25) is 0 Å². The average Bonchev–Trinajstić information content (AvgIpc) is 3.35. The predicted octanol–water partition coefficient (Wildman–Crippen LogP) is 6.30. The molecule has 0 saturated carbocycles. The summed E-state index contributed by atoms with van der Waals surface area (Å²) in [6.07, 6.45) is 5.35. The first-order chi connectivity index (χ1) is 14.4. The molecule has 0 N–H and O–H groups in total. The van der Waals surface area contributed by atoms with Crippen LogP contribution in [0.4, 0.5) is 0 Å². The average molecular weight is 415 g/mol. The SMILES string of the molecule is Cc1nc(C(C)(C)C/C=C/c2cccc(-c3nn(C)nc3-c3ccccc3)c2)cs1. The second-order valence-corrected chi connectivity index (χ2v) is 9.18. The summed E-state index contributed by atoms with van der Waals surface area (Å²) in [5, 5.41) is 12.5. The van der Waals surface area contributed by atoms with Crippen molar-refractivity contribution in [1.82, 2.24) is 20.0 Å². The van der Waals surface area contributed by atoms with Crippen molar-refractivity contribution in [2.45, 2.75) is 32.6 Å². The smallest absolute Gasteiger partial charge is 0.121 e. The Hall–Kier alpha value is -3.05. The second-order valence-electron chi connectivity index (χ2n) is 8.12. The molecular weight excluding hydrogens is 388 g/mol. The lowest BCUT2D eigenvalue weighted by Gasteiger charge is -2.20. The Bertz CT molecular complexity index is 1170. The molecule has 0 fully saturated rings. The molecule has 2 aromatic carbocycles. The van der Waals surface area contributed by atoms with E-state index in [-0.39, 0.29) is 5.41 Å². The fraction of sp³-hybridized carbons (Fsp3) is 0.240. The van der Waals surface area contributed by atoms with Gasteiger partial charge in [-0.2, -0.15) is 15.0 Å². The lowest BCUT2D eigenvalue weighted by Crippen LogP contribution is -2.16. The molecule has 0 radical (unpaired) electrons. The maximum atomic E-state index is 4.67. The fourth-order valence-electron chi connectivity index (χ4n) is 3.45. The topological polar surface area (TPSA) is 43.6 Å². The molecule has 2 aromatic heterocycles. The summed E-state index contributed by atoms with van der Waals surface area (Å²) in [7, 11) is 1.86. The number of aryl methyl sites for hydroxylation is 2. The Labute approximate surface area is 181 Å². The lowest BCUT2D eigenvalue weighted by atomic mass is 9.86. The monoisotopic (exact) mass is 414 g/mol. The summed E-state index contributed by atoms with van der Waals surface area (Å²) in [5.41, 5.74) is 6.28. The molecule has 0 aliphatic heterocycles. The quantitative estimate of drug-likeness (QED) is 0.372. The van der Waals surface area contributed by atoms with Gasteiger partial charge in [0.2, 0.25) is 0 Å². The van der Waals surface area contributed by atoms with Crippen LogP contribution in [0.5, 0.6) is 0 Å². The van der Waals surface area contributed by atoms with Crippen molar-refractivity contribution in [3.05, 3.63) is 82.3 Å². The van der Waals surface area contributed by atoms with E-state index >= 15 is 0 Å². The first kappa shape index (κ1) is 20.2. The highest BCUT2D eigenvalue weighted by Gasteiger charge is 2.21. The summed E-state index contributed by atoms with van der Waals surface area (Å²) in [6, 6.07) is 18.7. The zero-order chi connectivity index (χ0) is 21.1. The maximum absolute atomic E-state index is 4.67. The van der Waals surface area contributed by atoms with Gasteiger partial charge in [0.05, 0.1) is 10.7 Å². The maximum Gasteiger partial charge on any atom is 0.121 e. The van der Waals surface area contributed by atoms with Crippen molar-refractivity contribution in [1.29, 1.82) is 0 Å². The van der Waals surface area contributed by atoms with E-state index in [1.165, 1.54) is 0 Å². The molecular formula is C25H26N4S. The first-order valence-electron chi connectivity index (χ1n) is 10.1. The Morgan fingerprint density at radius 1 is 0.967 bits per heavy atom. The zero-order valence-electron chi connectivity index (χ0n) is 17.8. The van der Waals surface area contributed by atoms with E-state index in [0.29, 0.717) is 0 Å². The van der Waals surface area contributed by atoms with E-state index in [9.17, 15) is 0 Å². The third-order valence-electron chi connectivity index (χ3n) is 5.17. The molecule has 0 spiro atoms. The van der Waals surface area contributed by atoms with E-state index in [1.54, 1.807) is 16.1 Å². The van der Waals surface area contributed by atoms with Crippen molar-refractivity contribution >= 4 is 17.4 Å². The van der Waals surface area contributed by atoms with Crippen LogP contribution >= 0.6 is 11.3 Å². The number of rotatable bonds is 6. The van der Waals surface area contributed by atoms with Crippen molar-refractivity contribution in [3.63, 3.8) is 0 Å². The predicted molar refractivity (Wildman–Crippen MR) is 125 cm³/mol. The van der Waals surface area contributed by atoms with Crippen molar-refractivity contribution in [2.24, 2.45) is 7.05 Å². The number of aromatic nitrogens is 4. The van der Waals surface area contributed by atoms with Gasteiger partial charge in [0.25, 0.3) is 0 Å². The van der Waals surface area contributed by atoms with Crippen LogP contribution in [0, 0.1) is 6.92 Å². The Morgan fingerprint density at radius 3 is 2.37 bits per heavy atom. The minimum Gasteiger partial charge on any atom is -0.246 e. The molecule has 0 bridgehead atoms. The van der Waals surface area contributed by atoms with Crippen LogP contribution in [0.3, 0.4) is 0 Å². The minimum absolute atomic E-state index is 0.0181. The van der Waals surface area contributed by atoms with Crippen molar-refractivity contribution in [2.75, 3.05) is 0 Å². The van der Waals surface area contributed by atoms with E-state index in [4.69, 9.17) is 0 Å². The molecule has 5 heteroatoms. The number of nitrogens with zero attached hydrogens (tertiary/aromatic N) is 4. The second kappa shape index (κ2) is 8.36. The highest BCUT2D eigenvalue weighted by Crippen LogP contribution is 2.31. The van der Waals surface area contributed by atoms with E-state index in [0.717, 1.165) is 45.2 Å². The Balaban J connectivity index is 1.58. The largest absolute Gasteiger partial charge is 0.246 e. The molecule has 152 valence electrons. The van der Waals surface area contributed by atoms with Gasteiger partial charge in [-0.1, -0.05) is 74.5 Å². The van der Waals surface area contributed by atoms with Crippen LogP contribution in [0.2, 0.25) is 0 Å². The van der Waals surface area contributed by atoms with E-state index in [2.05, 4.69) is 89.9 Å². The summed E-state index contributed by atoms with van der Waals surface area (Å²) < 4.78 is 0. The summed E-state index contributed by atoms with van der Waals surface area (Å²) in [5.74, 6) is 0. The van der Waals surface area contributed by atoms with E-state index < -0.39 is 0 Å². The normalized spacial score (nSPS) is 12.0. The van der Waals surface area contributed by atoms with Gasteiger partial charge in [0, 0.05) is 29.0 Å². The molecule has 4 nitrogen and oxygen atoms in total. The van der Waals surface area contributed by atoms with Crippen LogP contribution in [-0.4, -0.2) is 20.0 Å². The van der Waals surface area contributed by atoms with Gasteiger partial charge < -0.3 is 0 Å². The van der Waals surface area contributed by atoms with Crippen LogP contribution in [0.25, 0.3) is 28.6 Å². The molecule has 2 heterocycles. The number of benzene rings is 2. The van der Waals surface area contributed by atoms with E-state index in [1.807, 2.05) is 25.2 Å². The van der Waals surface area contributed by atoms with Crippen LogP contribution in [0.1, 0.15) is 36.5 Å². The summed E-state index contributed by atoms with van der Waals surface area (Å²) in [6.45, 7) is 6.55. The van der Waals surface area contributed by atoms with Crippen LogP contribution in [0.15, 0.2) is 66.1 Å². The third kappa shape index (κ3) is 4.41. The van der Waals surface area contributed by atoms with Crippen LogP contribution in [-0.2, 0) is 12.5 Å². The van der Waals surface area contributed by atoms with Gasteiger partial charge in [0.15, 0.2) is 0 Å².